The van der Waals surface area contributed by atoms with E-state index in [0.29, 0.717) is 49.9 Å². The maximum Gasteiger partial charge on any atom is 0.320 e. The molecule has 0 aromatic carbocycles. The number of hydrogen-bond donors (Lipinski definition) is 7. The number of aliphatic carboxylic acids is 4. The van der Waals surface area contributed by atoms with E-state index < -0.39 is 42.1 Å². The van der Waals surface area contributed by atoms with Crippen LogP contribution in [0.1, 0.15) is 80.7 Å². The summed E-state index contributed by atoms with van der Waals surface area (Å²) < 4.78 is 1.81. The lowest BCUT2D eigenvalue weighted by Gasteiger charge is -2.18. The summed E-state index contributed by atoms with van der Waals surface area (Å²) in [6, 6.07) is -0.466. The summed E-state index contributed by atoms with van der Waals surface area (Å²) in [6.07, 6.45) is 3.70. The smallest absolute Gasteiger partial charge is 0.320 e. The predicted molar refractivity (Wildman–Crippen MR) is 127 cm³/mol. The fraction of sp³-hybridized carbons (Fsp3) is 0.625. The third-order valence-electron chi connectivity index (χ3n) is 5.89. The normalized spacial score (nSPS) is 13.6. The Kier molecular flexibility index (Phi) is 13.6. The number of nitrogens with two attached hydrogens (primary N) is 2. The Labute approximate surface area is 209 Å². The van der Waals surface area contributed by atoms with Gasteiger partial charge in [-0.3, -0.25) is 19.2 Å². The van der Waals surface area contributed by atoms with Crippen molar-refractivity contribution in [3.63, 3.8) is 0 Å². The topological polar surface area (TPSA) is 225 Å². The molecule has 9 N–H and O–H groups in total. The van der Waals surface area contributed by atoms with Crippen LogP contribution in [-0.2, 0) is 38.6 Å². The lowest BCUT2D eigenvalue weighted by molar-refractivity contribution is -0.708. The number of carboxylic acids is 4. The van der Waals surface area contributed by atoms with Gasteiger partial charge in [0.05, 0.1) is 0 Å². The number of rotatable bonds is 19. The Bertz CT molecular complexity index is 907. The average Bonchev–Trinajstić information content (AvgIpc) is 2.79. The minimum atomic E-state index is -1.19. The zero-order chi connectivity index (χ0) is 27.3. The summed E-state index contributed by atoms with van der Waals surface area (Å²) in [5.74, 6) is -4.15. The number of nitrogens with zero attached hydrogens (tertiary/aromatic N) is 1. The van der Waals surface area contributed by atoms with Gasteiger partial charge >= 0.3 is 23.9 Å². The molecule has 0 aliphatic rings. The van der Waals surface area contributed by atoms with Crippen LogP contribution in [0.3, 0.4) is 0 Å². The zero-order valence-electron chi connectivity index (χ0n) is 20.3. The van der Waals surface area contributed by atoms with Crippen LogP contribution in [0.2, 0.25) is 0 Å². The summed E-state index contributed by atoms with van der Waals surface area (Å²) in [5, 5.41) is 47.1. The molecule has 0 aliphatic heterocycles. The molecular weight excluding hydrogens is 474 g/mol. The van der Waals surface area contributed by atoms with Crippen molar-refractivity contribution in [1.29, 1.82) is 0 Å². The molecule has 1 rings (SSSR count). The molecule has 0 bridgehead atoms. The van der Waals surface area contributed by atoms with Crippen molar-refractivity contribution in [2.75, 3.05) is 0 Å². The summed E-state index contributed by atoms with van der Waals surface area (Å²) in [7, 11) is 0. The Morgan fingerprint density at radius 1 is 0.778 bits per heavy atom. The van der Waals surface area contributed by atoms with E-state index in [4.69, 9.17) is 26.8 Å². The van der Waals surface area contributed by atoms with Crippen LogP contribution in [-0.4, -0.2) is 61.5 Å². The molecule has 1 aromatic rings. The van der Waals surface area contributed by atoms with E-state index in [-0.39, 0.29) is 38.5 Å². The lowest BCUT2D eigenvalue weighted by Crippen LogP contribution is -2.42. The van der Waals surface area contributed by atoms with Gasteiger partial charge in [-0.1, -0.05) is 0 Å². The molecule has 0 spiro atoms. The average molecular weight is 513 g/mol. The van der Waals surface area contributed by atoms with Gasteiger partial charge in [-0.15, -0.1) is 0 Å². The first-order valence-electron chi connectivity index (χ1n) is 12.1. The van der Waals surface area contributed by atoms with Gasteiger partial charge in [-0.2, -0.15) is 4.57 Å². The third-order valence-corrected chi connectivity index (χ3v) is 5.89. The first-order chi connectivity index (χ1) is 16.9. The van der Waals surface area contributed by atoms with Gasteiger partial charge in [0.15, 0.2) is 6.20 Å². The number of aryl methyl sites for hydroxylation is 3. The zero-order valence-corrected chi connectivity index (χ0v) is 20.3. The SMILES string of the molecule is N[C@@H](CCc1cc(CCCC(=O)O)c[n+](CCCCCC(=O)O)c1C(O)CC[C@H](N)C(=O)O)C(=O)O. The summed E-state index contributed by atoms with van der Waals surface area (Å²) >= 11 is 0. The molecule has 36 heavy (non-hydrogen) atoms. The highest BCUT2D eigenvalue weighted by Crippen LogP contribution is 2.23. The number of aliphatic hydroxyl groups is 1. The minimum Gasteiger partial charge on any atom is -0.481 e. The van der Waals surface area contributed by atoms with E-state index in [1.165, 1.54) is 0 Å². The van der Waals surface area contributed by atoms with E-state index in [9.17, 15) is 29.4 Å². The van der Waals surface area contributed by atoms with Gasteiger partial charge in [-0.25, -0.2) is 0 Å². The molecule has 0 saturated heterocycles. The molecule has 0 amide bonds. The first-order valence-corrected chi connectivity index (χ1v) is 12.1. The molecule has 1 unspecified atom stereocenters. The molecule has 12 heteroatoms. The monoisotopic (exact) mass is 512 g/mol. The quantitative estimate of drug-likeness (QED) is 0.100. The van der Waals surface area contributed by atoms with Gasteiger partial charge in [0.2, 0.25) is 5.69 Å². The van der Waals surface area contributed by atoms with Crippen molar-refractivity contribution >= 4 is 23.9 Å². The van der Waals surface area contributed by atoms with Crippen molar-refractivity contribution in [2.45, 2.75) is 95.4 Å². The van der Waals surface area contributed by atoms with Crippen molar-refractivity contribution in [3.8, 4) is 0 Å². The van der Waals surface area contributed by atoms with Crippen LogP contribution in [0.5, 0.6) is 0 Å². The Morgan fingerprint density at radius 3 is 1.94 bits per heavy atom. The van der Waals surface area contributed by atoms with Crippen LogP contribution >= 0.6 is 0 Å². The Hall–Kier alpha value is -3.09. The highest BCUT2D eigenvalue weighted by molar-refractivity contribution is 5.73. The second kappa shape index (κ2) is 15.8. The lowest BCUT2D eigenvalue weighted by atomic mass is 9.95. The predicted octanol–water partition coefficient (Wildman–Crippen LogP) is 0.596. The molecule has 1 aromatic heterocycles. The molecule has 0 fully saturated rings. The number of aromatic nitrogens is 1. The second-order valence-corrected chi connectivity index (χ2v) is 8.93. The number of hydrogen-bond acceptors (Lipinski definition) is 7. The number of unbranched alkanes of at least 4 members (excludes halogenated alkanes) is 2. The summed E-state index contributed by atoms with van der Waals surface area (Å²) in [6.45, 7) is 0.432. The fourth-order valence-corrected chi connectivity index (χ4v) is 3.93. The van der Waals surface area contributed by atoms with Crippen molar-refractivity contribution in [3.05, 3.63) is 29.1 Å². The largest absolute Gasteiger partial charge is 0.481 e. The number of pyridine rings is 1. The minimum absolute atomic E-state index is 0.0174. The van der Waals surface area contributed by atoms with E-state index >= 15 is 0 Å². The second-order valence-electron chi connectivity index (χ2n) is 8.93. The molecule has 1 heterocycles. The number of carboxylic acid groups (broad SMARTS) is 4. The van der Waals surface area contributed by atoms with Crippen molar-refractivity contribution < 1.29 is 49.3 Å². The van der Waals surface area contributed by atoms with Crippen molar-refractivity contribution in [1.82, 2.24) is 0 Å². The molecule has 202 valence electrons. The molecular formula is C24H38N3O9+. The molecule has 0 radical (unpaired) electrons. The van der Waals surface area contributed by atoms with Gasteiger partial charge in [0, 0.05) is 30.4 Å². The molecule has 3 atom stereocenters. The van der Waals surface area contributed by atoms with Crippen LogP contribution in [0.4, 0.5) is 0 Å². The van der Waals surface area contributed by atoms with E-state index in [2.05, 4.69) is 0 Å². The van der Waals surface area contributed by atoms with Crippen LogP contribution in [0, 0.1) is 0 Å². The van der Waals surface area contributed by atoms with Crippen LogP contribution < -0.4 is 16.0 Å². The highest BCUT2D eigenvalue weighted by atomic mass is 16.4. The molecule has 0 aliphatic carbocycles. The summed E-state index contributed by atoms with van der Waals surface area (Å²) in [5.41, 5.74) is 13.2. The number of aliphatic hydroxyl groups excluding tert-OH is 1. The van der Waals surface area contributed by atoms with Crippen LogP contribution in [0.15, 0.2) is 12.3 Å². The van der Waals surface area contributed by atoms with Gasteiger partial charge in [0.1, 0.15) is 24.7 Å². The first kappa shape index (κ1) is 30.9. The fourth-order valence-electron chi connectivity index (χ4n) is 3.93. The van der Waals surface area contributed by atoms with Gasteiger partial charge < -0.3 is 37.0 Å². The Morgan fingerprint density at radius 2 is 1.36 bits per heavy atom. The maximum absolute atomic E-state index is 11.2. The van der Waals surface area contributed by atoms with E-state index in [1.807, 2.05) is 4.57 Å². The summed E-state index contributed by atoms with van der Waals surface area (Å²) in [4.78, 5) is 44.0. The molecule has 12 nitrogen and oxygen atoms in total. The van der Waals surface area contributed by atoms with Crippen LogP contribution in [0.25, 0.3) is 0 Å². The van der Waals surface area contributed by atoms with E-state index in [0.717, 1.165) is 5.56 Å². The third kappa shape index (κ3) is 11.6. The maximum atomic E-state index is 11.2. The van der Waals surface area contributed by atoms with Crippen molar-refractivity contribution in [2.24, 2.45) is 11.5 Å². The standard InChI is InChI=1S/C24H37N3O9/c25-17(23(33)34)9-8-16-13-15(5-4-7-21(31)32)14-27(12-3-1-2-6-20(29)30)22(16)19(28)11-10-18(26)24(35)36/h13-14,17-19,28H,1-12,25-26H2,(H3-,29,30,31,32,33,34,35,36)/p+1/t17-,18-,19?/m0/s1. The Balaban J connectivity index is 3.28. The molecule has 0 saturated carbocycles. The van der Waals surface area contributed by atoms with E-state index in [1.54, 1.807) is 12.3 Å². The number of carbonyl (C=O) groups is 4. The van der Waals surface area contributed by atoms with Gasteiger partial charge in [0.25, 0.3) is 0 Å². The highest BCUT2D eigenvalue weighted by Gasteiger charge is 2.28. The van der Waals surface area contributed by atoms with Gasteiger partial charge in [-0.05, 0) is 57.4 Å².